The number of carbonyl (C=O) groups excluding carboxylic acids is 2. The molecule has 0 bridgehead atoms. The fourth-order valence-electron chi connectivity index (χ4n) is 2.05. The van der Waals surface area contributed by atoms with Crippen LogP contribution in [-0.4, -0.2) is 44.0 Å². The first-order valence-electron chi connectivity index (χ1n) is 7.38. The second-order valence-electron chi connectivity index (χ2n) is 6.21. The maximum atomic E-state index is 13.5. The highest BCUT2D eigenvalue weighted by Crippen LogP contribution is 2.36. The van der Waals surface area contributed by atoms with Crippen LogP contribution in [0.25, 0.3) is 0 Å². The Labute approximate surface area is 139 Å². The standard InChI is InChI=1S/C16H20FNO6/c1-16(2,3)24-15(20)18-7-10-8-22-12-6-9(17)5-11(13(12)23-10)14(19)21-4/h5-6,10H,7-8H2,1-4H3,(H,18,20). The zero-order chi connectivity index (χ0) is 17.9. The zero-order valence-corrected chi connectivity index (χ0v) is 14.0. The third-order valence-electron chi connectivity index (χ3n) is 3.01. The minimum absolute atomic E-state index is 0.0746. The third-order valence-corrected chi connectivity index (χ3v) is 3.01. The van der Waals surface area contributed by atoms with Gasteiger partial charge in [-0.2, -0.15) is 0 Å². The molecule has 1 aromatic rings. The maximum absolute atomic E-state index is 13.5. The van der Waals surface area contributed by atoms with Gasteiger partial charge in [0.15, 0.2) is 17.6 Å². The number of benzene rings is 1. The van der Waals surface area contributed by atoms with Crippen LogP contribution in [0.2, 0.25) is 0 Å². The van der Waals surface area contributed by atoms with Crippen molar-refractivity contribution in [3.63, 3.8) is 0 Å². The van der Waals surface area contributed by atoms with Crippen LogP contribution in [0.15, 0.2) is 12.1 Å². The summed E-state index contributed by atoms with van der Waals surface area (Å²) in [5.41, 5.74) is -0.689. The summed E-state index contributed by atoms with van der Waals surface area (Å²) in [7, 11) is 1.19. The van der Waals surface area contributed by atoms with Crippen LogP contribution in [-0.2, 0) is 9.47 Å². The van der Waals surface area contributed by atoms with Crippen molar-refractivity contribution in [1.82, 2.24) is 5.32 Å². The van der Waals surface area contributed by atoms with Crippen LogP contribution >= 0.6 is 0 Å². The molecule has 1 aromatic carbocycles. The van der Waals surface area contributed by atoms with E-state index in [-0.39, 0.29) is 30.2 Å². The van der Waals surface area contributed by atoms with Crippen LogP contribution in [0.1, 0.15) is 31.1 Å². The molecular weight excluding hydrogens is 321 g/mol. The van der Waals surface area contributed by atoms with E-state index in [2.05, 4.69) is 10.1 Å². The monoisotopic (exact) mass is 341 g/mol. The van der Waals surface area contributed by atoms with Crippen molar-refractivity contribution < 1.29 is 32.9 Å². The van der Waals surface area contributed by atoms with Crippen molar-refractivity contribution in [3.8, 4) is 11.5 Å². The van der Waals surface area contributed by atoms with Gasteiger partial charge in [-0.05, 0) is 26.8 Å². The molecule has 8 heteroatoms. The first-order chi connectivity index (χ1) is 11.2. The van der Waals surface area contributed by atoms with Gasteiger partial charge in [-0.15, -0.1) is 0 Å². The predicted molar refractivity (Wildman–Crippen MR) is 81.9 cm³/mol. The molecule has 2 rings (SSSR count). The molecule has 1 unspecified atom stereocenters. The molecule has 132 valence electrons. The number of carbonyl (C=O) groups is 2. The van der Waals surface area contributed by atoms with E-state index >= 15 is 0 Å². The summed E-state index contributed by atoms with van der Waals surface area (Å²) in [5, 5.41) is 2.56. The van der Waals surface area contributed by atoms with Crippen LogP contribution in [0.4, 0.5) is 9.18 Å². The quantitative estimate of drug-likeness (QED) is 0.849. The molecular formula is C16H20FNO6. The average molecular weight is 341 g/mol. The fraction of sp³-hybridized carbons (Fsp3) is 0.500. The van der Waals surface area contributed by atoms with Crippen LogP contribution in [0, 0.1) is 5.82 Å². The molecule has 1 aliphatic rings. The van der Waals surface area contributed by atoms with Gasteiger partial charge >= 0.3 is 12.1 Å². The maximum Gasteiger partial charge on any atom is 0.407 e. The summed E-state index contributed by atoms with van der Waals surface area (Å²) < 4.78 is 34.4. The summed E-state index contributed by atoms with van der Waals surface area (Å²) in [6.45, 7) is 5.44. The zero-order valence-electron chi connectivity index (χ0n) is 14.0. The third kappa shape index (κ3) is 4.50. The summed E-state index contributed by atoms with van der Waals surface area (Å²) in [5.74, 6) is -1.17. The van der Waals surface area contributed by atoms with Crippen LogP contribution in [0.3, 0.4) is 0 Å². The number of hydrogen-bond acceptors (Lipinski definition) is 6. The molecule has 1 aliphatic heterocycles. The minimum atomic E-state index is -0.741. The van der Waals surface area contributed by atoms with E-state index in [1.54, 1.807) is 20.8 Å². The first kappa shape index (κ1) is 17.8. The molecule has 0 radical (unpaired) electrons. The lowest BCUT2D eigenvalue weighted by Crippen LogP contribution is -2.42. The highest BCUT2D eigenvalue weighted by atomic mass is 19.1. The highest BCUT2D eigenvalue weighted by Gasteiger charge is 2.28. The Morgan fingerprint density at radius 3 is 2.71 bits per heavy atom. The average Bonchev–Trinajstić information content (AvgIpc) is 2.49. The van der Waals surface area contributed by atoms with Crippen LogP contribution in [0.5, 0.6) is 11.5 Å². The second kappa shape index (κ2) is 6.94. The van der Waals surface area contributed by atoms with Crippen molar-refractivity contribution >= 4 is 12.1 Å². The smallest absolute Gasteiger partial charge is 0.407 e. The lowest BCUT2D eigenvalue weighted by molar-refractivity contribution is 0.0435. The molecule has 0 saturated heterocycles. The van der Waals surface area contributed by atoms with Gasteiger partial charge in [0.05, 0.1) is 13.7 Å². The van der Waals surface area contributed by atoms with Gasteiger partial charge in [-0.3, -0.25) is 0 Å². The highest BCUT2D eigenvalue weighted by molar-refractivity contribution is 5.93. The topological polar surface area (TPSA) is 83.1 Å². The lowest BCUT2D eigenvalue weighted by atomic mass is 10.1. The number of esters is 1. The molecule has 1 amide bonds. The molecule has 0 saturated carbocycles. The van der Waals surface area contributed by atoms with Gasteiger partial charge in [0.25, 0.3) is 0 Å². The van der Waals surface area contributed by atoms with E-state index in [9.17, 15) is 14.0 Å². The Hall–Kier alpha value is -2.51. The number of alkyl carbamates (subject to hydrolysis) is 1. The SMILES string of the molecule is COC(=O)c1cc(F)cc2c1OC(CNC(=O)OC(C)(C)C)CO2. The number of methoxy groups -OCH3 is 1. The van der Waals surface area contributed by atoms with Gasteiger partial charge in [0, 0.05) is 6.07 Å². The van der Waals surface area contributed by atoms with E-state index in [1.165, 1.54) is 7.11 Å². The van der Waals surface area contributed by atoms with Gasteiger partial charge < -0.3 is 24.3 Å². The predicted octanol–water partition coefficient (Wildman–Crippen LogP) is 2.28. The first-order valence-corrected chi connectivity index (χ1v) is 7.38. The summed E-state index contributed by atoms with van der Waals surface area (Å²) in [4.78, 5) is 23.4. The Balaban J connectivity index is 2.06. The Bertz CT molecular complexity index is 640. The Morgan fingerprint density at radius 1 is 1.38 bits per heavy atom. The number of nitrogens with one attached hydrogen (secondary N) is 1. The molecule has 1 heterocycles. The van der Waals surface area contributed by atoms with Crippen molar-refractivity contribution in [2.45, 2.75) is 32.5 Å². The summed E-state index contributed by atoms with van der Waals surface area (Å²) >= 11 is 0. The van der Waals surface area contributed by atoms with Gasteiger partial charge in [0.2, 0.25) is 0 Å². The molecule has 0 fully saturated rings. The number of fused-ring (bicyclic) bond motifs is 1. The normalized spacial score (nSPS) is 16.3. The van der Waals surface area contributed by atoms with Crippen molar-refractivity contribution in [2.24, 2.45) is 0 Å². The molecule has 7 nitrogen and oxygen atoms in total. The fourth-order valence-corrected chi connectivity index (χ4v) is 2.05. The van der Waals surface area contributed by atoms with Crippen molar-refractivity contribution in [1.29, 1.82) is 0 Å². The molecule has 0 aromatic heterocycles. The Morgan fingerprint density at radius 2 is 2.08 bits per heavy atom. The van der Waals surface area contributed by atoms with Gasteiger partial charge in [0.1, 0.15) is 23.6 Å². The van der Waals surface area contributed by atoms with E-state index in [0.717, 1.165) is 12.1 Å². The molecule has 1 N–H and O–H groups in total. The number of halogens is 1. The lowest BCUT2D eigenvalue weighted by Gasteiger charge is -2.28. The number of hydrogen-bond donors (Lipinski definition) is 1. The molecule has 1 atom stereocenters. The van der Waals surface area contributed by atoms with Crippen molar-refractivity contribution in [3.05, 3.63) is 23.5 Å². The molecule has 0 aliphatic carbocycles. The minimum Gasteiger partial charge on any atom is -0.486 e. The van der Waals surface area contributed by atoms with E-state index in [4.69, 9.17) is 14.2 Å². The molecule has 0 spiro atoms. The molecule has 24 heavy (non-hydrogen) atoms. The van der Waals surface area contributed by atoms with Crippen LogP contribution < -0.4 is 14.8 Å². The number of ether oxygens (including phenoxy) is 4. The summed E-state index contributed by atoms with van der Waals surface area (Å²) in [6.07, 6.45) is -1.15. The summed E-state index contributed by atoms with van der Waals surface area (Å²) in [6, 6.07) is 2.14. The van der Waals surface area contributed by atoms with E-state index in [1.807, 2.05) is 0 Å². The van der Waals surface area contributed by atoms with Gasteiger partial charge in [-0.1, -0.05) is 0 Å². The van der Waals surface area contributed by atoms with E-state index in [0.29, 0.717) is 0 Å². The van der Waals surface area contributed by atoms with E-state index < -0.39 is 29.6 Å². The second-order valence-corrected chi connectivity index (χ2v) is 6.21. The largest absolute Gasteiger partial charge is 0.486 e. The van der Waals surface area contributed by atoms with Gasteiger partial charge in [-0.25, -0.2) is 14.0 Å². The number of amides is 1. The number of rotatable bonds is 3. The Kier molecular flexibility index (Phi) is 5.16. The van der Waals surface area contributed by atoms with Crippen molar-refractivity contribution in [2.75, 3.05) is 20.3 Å².